The third kappa shape index (κ3) is 2.57. The van der Waals surface area contributed by atoms with Crippen LogP contribution in [0.5, 0.6) is 0 Å². The van der Waals surface area contributed by atoms with Crippen LogP contribution in [0.15, 0.2) is 35.2 Å². The minimum absolute atomic E-state index is 0.151. The molecule has 3 aromatic rings. The van der Waals surface area contributed by atoms with Gasteiger partial charge in [-0.25, -0.2) is 9.97 Å². The van der Waals surface area contributed by atoms with Crippen LogP contribution < -0.4 is 5.32 Å². The van der Waals surface area contributed by atoms with Gasteiger partial charge in [-0.05, 0) is 28.1 Å². The van der Waals surface area contributed by atoms with Gasteiger partial charge in [0.15, 0.2) is 0 Å². The minimum Gasteiger partial charge on any atom is -0.350 e. The van der Waals surface area contributed by atoms with Gasteiger partial charge in [-0.15, -0.1) is 0 Å². The molecule has 6 nitrogen and oxygen atoms in total. The number of fused-ring (bicyclic) bond motifs is 1. The summed E-state index contributed by atoms with van der Waals surface area (Å²) in [7, 11) is 0. The van der Waals surface area contributed by atoms with E-state index in [2.05, 4.69) is 41.2 Å². The molecule has 0 unspecified atom stereocenters. The summed E-state index contributed by atoms with van der Waals surface area (Å²) in [6, 6.07) is 3.63. The molecule has 3 rings (SSSR count). The number of nitrogens with zero attached hydrogens (tertiary/aromatic N) is 2. The lowest BCUT2D eigenvalue weighted by Gasteiger charge is -2.01. The third-order valence-electron chi connectivity index (χ3n) is 2.93. The van der Waals surface area contributed by atoms with E-state index in [1.54, 1.807) is 24.7 Å². The zero-order chi connectivity index (χ0) is 13.9. The normalized spacial score (nSPS) is 10.8. The Kier molecular flexibility index (Phi) is 3.51. The molecule has 0 bridgehead atoms. The van der Waals surface area contributed by atoms with Crippen molar-refractivity contribution in [3.8, 4) is 0 Å². The first-order valence-corrected chi connectivity index (χ1v) is 6.93. The molecule has 1 amide bonds. The predicted octanol–water partition coefficient (Wildman–Crippen LogP) is 2.02. The topological polar surface area (TPSA) is 86.5 Å². The van der Waals surface area contributed by atoms with Crippen molar-refractivity contribution in [2.24, 2.45) is 0 Å². The molecule has 0 aliphatic rings. The highest BCUT2D eigenvalue weighted by Gasteiger charge is 2.11. The number of H-pyrrole nitrogens is 2. The molecule has 0 radical (unpaired) electrons. The second kappa shape index (κ2) is 5.46. The Morgan fingerprint density at radius 2 is 2.25 bits per heavy atom. The summed E-state index contributed by atoms with van der Waals surface area (Å²) in [6.07, 6.45) is 5.80. The zero-order valence-electron chi connectivity index (χ0n) is 10.5. The number of rotatable bonds is 4. The summed E-state index contributed by atoms with van der Waals surface area (Å²) < 4.78 is 0.911. The van der Waals surface area contributed by atoms with Crippen molar-refractivity contribution in [3.05, 3.63) is 46.7 Å². The van der Waals surface area contributed by atoms with E-state index in [9.17, 15) is 4.79 Å². The number of carbonyl (C=O) groups is 1. The maximum Gasteiger partial charge on any atom is 0.267 e. The van der Waals surface area contributed by atoms with Gasteiger partial charge in [-0.1, -0.05) is 0 Å². The second-order valence-electron chi connectivity index (χ2n) is 4.28. The van der Waals surface area contributed by atoms with Crippen LogP contribution in [0.2, 0.25) is 0 Å². The van der Waals surface area contributed by atoms with E-state index < -0.39 is 0 Å². The molecule has 0 atom stereocenters. The van der Waals surface area contributed by atoms with Gasteiger partial charge in [0.05, 0.1) is 0 Å². The van der Waals surface area contributed by atoms with Crippen LogP contribution in [0.1, 0.15) is 16.3 Å². The number of carbonyl (C=O) groups excluding carboxylic acids is 1. The molecule has 3 heterocycles. The molecule has 7 heteroatoms. The van der Waals surface area contributed by atoms with E-state index in [1.807, 2.05) is 6.07 Å². The molecule has 0 aromatic carbocycles. The predicted molar refractivity (Wildman–Crippen MR) is 78.4 cm³/mol. The SMILES string of the molecule is O=C(NCCc1ncc[nH]1)c1cc2c(Br)ccnc2[nH]1. The van der Waals surface area contributed by atoms with Crippen molar-refractivity contribution in [1.82, 2.24) is 25.3 Å². The Labute approximate surface area is 123 Å². The van der Waals surface area contributed by atoms with Crippen molar-refractivity contribution in [1.29, 1.82) is 0 Å². The number of pyridine rings is 1. The number of nitrogens with one attached hydrogen (secondary N) is 3. The van der Waals surface area contributed by atoms with Crippen LogP contribution in [0, 0.1) is 0 Å². The Morgan fingerprint density at radius 1 is 1.35 bits per heavy atom. The summed E-state index contributed by atoms with van der Waals surface area (Å²) in [5.74, 6) is 0.702. The van der Waals surface area contributed by atoms with E-state index >= 15 is 0 Å². The van der Waals surface area contributed by atoms with Gasteiger partial charge in [-0.2, -0.15) is 0 Å². The van der Waals surface area contributed by atoms with E-state index in [0.717, 1.165) is 15.7 Å². The number of hydrogen-bond donors (Lipinski definition) is 3. The van der Waals surface area contributed by atoms with Crippen LogP contribution >= 0.6 is 15.9 Å². The highest BCUT2D eigenvalue weighted by atomic mass is 79.9. The van der Waals surface area contributed by atoms with Crippen LogP contribution in [-0.4, -0.2) is 32.4 Å². The molecule has 20 heavy (non-hydrogen) atoms. The van der Waals surface area contributed by atoms with Crippen molar-refractivity contribution in [3.63, 3.8) is 0 Å². The van der Waals surface area contributed by atoms with Crippen LogP contribution in [0.25, 0.3) is 11.0 Å². The lowest BCUT2D eigenvalue weighted by molar-refractivity contribution is 0.0950. The van der Waals surface area contributed by atoms with Gasteiger partial charge in [0.1, 0.15) is 17.2 Å². The lowest BCUT2D eigenvalue weighted by atomic mass is 10.3. The molecule has 0 saturated heterocycles. The van der Waals surface area contributed by atoms with Gasteiger partial charge in [0.2, 0.25) is 0 Å². The first-order valence-electron chi connectivity index (χ1n) is 6.14. The fourth-order valence-corrected chi connectivity index (χ4v) is 2.36. The Bertz CT molecular complexity index is 734. The van der Waals surface area contributed by atoms with E-state index in [4.69, 9.17) is 0 Å². The van der Waals surface area contributed by atoms with Crippen molar-refractivity contribution >= 4 is 32.9 Å². The lowest BCUT2D eigenvalue weighted by Crippen LogP contribution is -2.26. The second-order valence-corrected chi connectivity index (χ2v) is 5.13. The van der Waals surface area contributed by atoms with Crippen molar-refractivity contribution < 1.29 is 4.79 Å². The van der Waals surface area contributed by atoms with E-state index in [0.29, 0.717) is 24.3 Å². The summed E-state index contributed by atoms with van der Waals surface area (Å²) in [6.45, 7) is 0.524. The maximum atomic E-state index is 12.0. The van der Waals surface area contributed by atoms with E-state index in [-0.39, 0.29) is 5.91 Å². The average Bonchev–Trinajstić information content (AvgIpc) is 3.07. The van der Waals surface area contributed by atoms with Gasteiger partial charge in [0.25, 0.3) is 5.91 Å². The first-order chi connectivity index (χ1) is 9.74. The average molecular weight is 334 g/mol. The summed E-state index contributed by atoms with van der Waals surface area (Å²) in [5, 5.41) is 3.74. The van der Waals surface area contributed by atoms with Gasteiger partial charge >= 0.3 is 0 Å². The molecule has 0 saturated carbocycles. The molecule has 0 spiro atoms. The largest absolute Gasteiger partial charge is 0.350 e. The van der Waals surface area contributed by atoms with Gasteiger partial charge in [-0.3, -0.25) is 4.79 Å². The fraction of sp³-hybridized carbons (Fsp3) is 0.154. The van der Waals surface area contributed by atoms with Crippen molar-refractivity contribution in [2.75, 3.05) is 6.54 Å². The molecule has 3 aromatic heterocycles. The van der Waals surface area contributed by atoms with Crippen LogP contribution in [0.3, 0.4) is 0 Å². The molecular formula is C13H12BrN5O. The van der Waals surface area contributed by atoms with Gasteiger partial charge < -0.3 is 15.3 Å². The Hall–Kier alpha value is -2.15. The number of aromatic nitrogens is 4. The summed E-state index contributed by atoms with van der Waals surface area (Å²) in [5.41, 5.74) is 1.19. The molecule has 0 fully saturated rings. The molecular weight excluding hydrogens is 322 g/mol. The number of hydrogen-bond acceptors (Lipinski definition) is 3. The summed E-state index contributed by atoms with van der Waals surface area (Å²) >= 11 is 3.43. The third-order valence-corrected chi connectivity index (χ3v) is 3.62. The monoisotopic (exact) mass is 333 g/mol. The van der Waals surface area contributed by atoms with E-state index in [1.165, 1.54) is 0 Å². The number of halogens is 1. The van der Waals surface area contributed by atoms with Crippen molar-refractivity contribution in [2.45, 2.75) is 6.42 Å². The molecule has 3 N–H and O–H groups in total. The minimum atomic E-state index is -0.151. The quantitative estimate of drug-likeness (QED) is 0.682. The highest BCUT2D eigenvalue weighted by Crippen LogP contribution is 2.22. The summed E-state index contributed by atoms with van der Waals surface area (Å²) in [4.78, 5) is 26.3. The van der Waals surface area contributed by atoms with Crippen LogP contribution in [0.4, 0.5) is 0 Å². The zero-order valence-corrected chi connectivity index (χ0v) is 12.1. The number of imidazole rings is 1. The highest BCUT2D eigenvalue weighted by molar-refractivity contribution is 9.10. The Balaban J connectivity index is 1.68. The fourth-order valence-electron chi connectivity index (χ4n) is 1.94. The van der Waals surface area contributed by atoms with Crippen LogP contribution in [-0.2, 0) is 6.42 Å². The smallest absolute Gasteiger partial charge is 0.267 e. The first kappa shape index (κ1) is 12.9. The Morgan fingerprint density at radius 3 is 3.00 bits per heavy atom. The molecule has 0 aliphatic heterocycles. The number of amides is 1. The maximum absolute atomic E-state index is 12.0. The number of aromatic amines is 2. The molecule has 102 valence electrons. The van der Waals surface area contributed by atoms with Gasteiger partial charge in [0, 0.05) is 41.4 Å². The standard InChI is InChI=1S/C13H12BrN5O/c14-9-1-3-17-12-8(9)7-10(19-12)13(20)18-4-2-11-15-5-6-16-11/h1,3,5-7H,2,4H2,(H,15,16)(H,17,19)(H,18,20). The molecule has 0 aliphatic carbocycles.